The van der Waals surface area contributed by atoms with Gasteiger partial charge in [0, 0.05) is 17.6 Å². The van der Waals surface area contributed by atoms with Crippen LogP contribution >= 0.6 is 11.6 Å². The molecule has 4 rings (SSSR count). The fourth-order valence-corrected chi connectivity index (χ4v) is 6.16. The highest BCUT2D eigenvalue weighted by atomic mass is 35.5. The highest BCUT2D eigenvalue weighted by molar-refractivity contribution is 6.31. The van der Waals surface area contributed by atoms with Gasteiger partial charge in [-0.2, -0.15) is 5.10 Å². The number of aryl methyl sites for hydroxylation is 1. The molecule has 0 spiro atoms. The van der Waals surface area contributed by atoms with Gasteiger partial charge >= 0.3 is 5.97 Å². The normalized spacial score (nSPS) is 23.9. The zero-order valence-corrected chi connectivity index (χ0v) is 20.3. The number of carbonyl (C=O) groups excluding carboxylic acids is 2. The van der Waals surface area contributed by atoms with Crippen molar-refractivity contribution in [2.24, 2.45) is 10.8 Å². The van der Waals surface area contributed by atoms with Crippen LogP contribution in [0.2, 0.25) is 5.02 Å². The molecule has 0 N–H and O–H groups in total. The largest absolute Gasteiger partial charge is 0.452 e. The Hall–Kier alpha value is -2.34. The highest BCUT2D eigenvalue weighted by Gasteiger charge is 2.51. The van der Waals surface area contributed by atoms with Crippen molar-refractivity contribution in [3.63, 3.8) is 0 Å². The molecule has 1 aromatic carbocycles. The Bertz CT molecular complexity index is 1060. The minimum Gasteiger partial charge on any atom is -0.452 e. The number of carbonyl (C=O) groups is 2. The van der Waals surface area contributed by atoms with Crippen LogP contribution in [0.5, 0.6) is 0 Å². The van der Waals surface area contributed by atoms with E-state index in [0.29, 0.717) is 28.5 Å². The lowest BCUT2D eigenvalue weighted by atomic mass is 9.65. The van der Waals surface area contributed by atoms with Gasteiger partial charge in [-0.05, 0) is 55.6 Å². The van der Waals surface area contributed by atoms with Crippen LogP contribution < -0.4 is 0 Å². The first-order valence-electron chi connectivity index (χ1n) is 11.2. The van der Waals surface area contributed by atoms with Gasteiger partial charge in [-0.15, -0.1) is 0 Å². The SMILES string of the molecule is Cc1nn(Cc2ccccc2Cl)c(C)c1C(=O)OCC(=O)N1CC2(C)CC1CC(C)(C)C2. The number of amides is 1. The second kappa shape index (κ2) is 8.22. The van der Waals surface area contributed by atoms with Crippen LogP contribution in [0, 0.1) is 24.7 Å². The number of fused-ring (bicyclic) bond motifs is 2. The number of hydrogen-bond acceptors (Lipinski definition) is 4. The molecule has 172 valence electrons. The summed E-state index contributed by atoms with van der Waals surface area (Å²) >= 11 is 6.27. The lowest BCUT2D eigenvalue weighted by Crippen LogP contribution is -2.39. The first-order chi connectivity index (χ1) is 15.0. The maximum atomic E-state index is 12.9. The first-order valence-corrected chi connectivity index (χ1v) is 11.6. The fourth-order valence-electron chi connectivity index (χ4n) is 5.97. The predicted octanol–water partition coefficient (Wildman–Crippen LogP) is 4.79. The van der Waals surface area contributed by atoms with Gasteiger partial charge < -0.3 is 9.64 Å². The average molecular weight is 458 g/mol. The van der Waals surface area contributed by atoms with Crippen molar-refractivity contribution in [2.45, 2.75) is 66.5 Å². The molecular formula is C25H32ClN3O3. The number of aromatic nitrogens is 2. The summed E-state index contributed by atoms with van der Waals surface area (Å²) in [6.07, 6.45) is 3.14. The topological polar surface area (TPSA) is 64.4 Å². The third kappa shape index (κ3) is 4.42. The van der Waals surface area contributed by atoms with Crippen LogP contribution in [0.1, 0.15) is 67.3 Å². The zero-order valence-electron chi connectivity index (χ0n) is 19.6. The molecule has 1 saturated heterocycles. The first kappa shape index (κ1) is 22.8. The Morgan fingerprint density at radius 3 is 2.62 bits per heavy atom. The number of ether oxygens (including phenoxy) is 1. The molecule has 1 aromatic heterocycles. The molecule has 6 nitrogen and oxygen atoms in total. The van der Waals surface area contributed by atoms with E-state index in [-0.39, 0.29) is 29.4 Å². The van der Waals surface area contributed by atoms with E-state index in [1.54, 1.807) is 11.6 Å². The predicted molar refractivity (Wildman–Crippen MR) is 124 cm³/mol. The maximum Gasteiger partial charge on any atom is 0.342 e. The molecule has 2 bridgehead atoms. The van der Waals surface area contributed by atoms with Crippen LogP contribution in [0.25, 0.3) is 0 Å². The van der Waals surface area contributed by atoms with Crippen molar-refractivity contribution >= 4 is 23.5 Å². The molecule has 32 heavy (non-hydrogen) atoms. The molecule has 1 aliphatic heterocycles. The van der Waals surface area contributed by atoms with Crippen LogP contribution in [-0.2, 0) is 16.1 Å². The highest BCUT2D eigenvalue weighted by Crippen LogP contribution is 2.52. The molecule has 2 atom stereocenters. The smallest absolute Gasteiger partial charge is 0.342 e. The number of halogens is 1. The van der Waals surface area contributed by atoms with Gasteiger partial charge in [-0.1, -0.05) is 50.6 Å². The van der Waals surface area contributed by atoms with E-state index in [1.807, 2.05) is 36.1 Å². The lowest BCUT2D eigenvalue weighted by Gasteiger charge is -2.39. The van der Waals surface area contributed by atoms with Crippen molar-refractivity contribution in [1.29, 1.82) is 0 Å². The second-order valence-corrected chi connectivity index (χ2v) is 11.0. The Morgan fingerprint density at radius 2 is 1.91 bits per heavy atom. The van der Waals surface area contributed by atoms with E-state index >= 15 is 0 Å². The molecule has 7 heteroatoms. The number of esters is 1. The van der Waals surface area contributed by atoms with Crippen molar-refractivity contribution in [3.8, 4) is 0 Å². The Labute approximate surface area is 194 Å². The quantitative estimate of drug-likeness (QED) is 0.606. The molecule has 1 aliphatic carbocycles. The number of benzene rings is 1. The lowest BCUT2D eigenvalue weighted by molar-refractivity contribution is -0.135. The Morgan fingerprint density at radius 1 is 1.19 bits per heavy atom. The van der Waals surface area contributed by atoms with Gasteiger partial charge in [0.1, 0.15) is 5.56 Å². The fraction of sp³-hybridized carbons (Fsp3) is 0.560. The van der Waals surface area contributed by atoms with Gasteiger partial charge in [-0.25, -0.2) is 4.79 Å². The standard InChI is InChI=1S/C25H32ClN3O3/c1-16-22(17(2)29(27-16)12-18-8-6-7-9-20(18)26)23(31)32-13-21(30)28-15-25(5)11-19(28)10-24(3,4)14-25/h6-9,19H,10-15H2,1-5H3. The van der Waals surface area contributed by atoms with Gasteiger partial charge in [0.05, 0.1) is 17.9 Å². The monoisotopic (exact) mass is 457 g/mol. The molecule has 2 heterocycles. The van der Waals surface area contributed by atoms with E-state index in [0.717, 1.165) is 31.4 Å². The van der Waals surface area contributed by atoms with Crippen molar-refractivity contribution in [1.82, 2.24) is 14.7 Å². The maximum absolute atomic E-state index is 12.9. The minimum absolute atomic E-state index is 0.108. The van der Waals surface area contributed by atoms with Crippen LogP contribution in [0.4, 0.5) is 0 Å². The van der Waals surface area contributed by atoms with E-state index < -0.39 is 5.97 Å². The summed E-state index contributed by atoms with van der Waals surface area (Å²) in [6.45, 7) is 11.4. The Balaban J connectivity index is 1.42. The molecule has 2 aromatic rings. The van der Waals surface area contributed by atoms with Crippen LogP contribution in [-0.4, -0.2) is 45.8 Å². The number of nitrogens with zero attached hydrogens (tertiary/aromatic N) is 3. The van der Waals surface area contributed by atoms with Crippen LogP contribution in [0.3, 0.4) is 0 Å². The molecular weight excluding hydrogens is 426 g/mol. The summed E-state index contributed by atoms with van der Waals surface area (Å²) in [5, 5.41) is 5.16. The van der Waals surface area contributed by atoms with Crippen molar-refractivity contribution < 1.29 is 14.3 Å². The summed E-state index contributed by atoms with van der Waals surface area (Å²) < 4.78 is 7.23. The van der Waals surface area contributed by atoms with E-state index in [2.05, 4.69) is 25.9 Å². The number of likely N-dealkylation sites (tertiary alicyclic amines) is 1. The van der Waals surface area contributed by atoms with Crippen molar-refractivity contribution in [2.75, 3.05) is 13.2 Å². The van der Waals surface area contributed by atoms with E-state index in [9.17, 15) is 9.59 Å². The molecule has 1 amide bonds. The minimum atomic E-state index is -0.507. The van der Waals surface area contributed by atoms with Gasteiger partial charge in [0.15, 0.2) is 6.61 Å². The summed E-state index contributed by atoms with van der Waals surface area (Å²) in [5.74, 6) is -0.615. The summed E-state index contributed by atoms with van der Waals surface area (Å²) in [6, 6.07) is 7.80. The number of hydrogen-bond donors (Lipinski definition) is 0. The summed E-state index contributed by atoms with van der Waals surface area (Å²) in [4.78, 5) is 27.7. The van der Waals surface area contributed by atoms with Gasteiger partial charge in [0.25, 0.3) is 5.91 Å². The molecule has 2 fully saturated rings. The molecule has 2 unspecified atom stereocenters. The van der Waals surface area contributed by atoms with Crippen LogP contribution in [0.15, 0.2) is 24.3 Å². The van der Waals surface area contributed by atoms with E-state index in [4.69, 9.17) is 16.3 Å². The third-order valence-corrected chi connectivity index (χ3v) is 7.29. The molecule has 1 saturated carbocycles. The summed E-state index contributed by atoms with van der Waals surface area (Å²) in [5.41, 5.74) is 3.00. The van der Waals surface area contributed by atoms with Gasteiger partial charge in [0.2, 0.25) is 0 Å². The summed E-state index contributed by atoms with van der Waals surface area (Å²) in [7, 11) is 0. The number of rotatable bonds is 5. The third-order valence-electron chi connectivity index (χ3n) is 6.93. The van der Waals surface area contributed by atoms with Crippen molar-refractivity contribution in [3.05, 3.63) is 51.8 Å². The average Bonchev–Trinajstić information content (AvgIpc) is 3.12. The zero-order chi connectivity index (χ0) is 23.3. The molecule has 0 radical (unpaired) electrons. The van der Waals surface area contributed by atoms with E-state index in [1.165, 1.54) is 0 Å². The molecule has 2 aliphatic rings. The van der Waals surface area contributed by atoms with Gasteiger partial charge in [-0.3, -0.25) is 9.48 Å². The second-order valence-electron chi connectivity index (χ2n) is 10.6. The Kier molecular flexibility index (Phi) is 5.86.